The summed E-state index contributed by atoms with van der Waals surface area (Å²) >= 11 is 3.44. The zero-order valence-corrected chi connectivity index (χ0v) is 13.8. The van der Waals surface area contributed by atoms with Crippen molar-refractivity contribution in [3.05, 3.63) is 45.6 Å². The number of nitrogens with two attached hydrogens (primary N) is 1. The zero-order valence-electron chi connectivity index (χ0n) is 12.2. The number of nitrogens with zero attached hydrogens (tertiary/aromatic N) is 1. The lowest BCUT2D eigenvalue weighted by molar-refractivity contribution is 0.453. The second-order valence-electron chi connectivity index (χ2n) is 5.22. The first kappa shape index (κ1) is 14.9. The second-order valence-corrected chi connectivity index (χ2v) is 6.07. The van der Waals surface area contributed by atoms with E-state index in [0.717, 1.165) is 32.7 Å². The Morgan fingerprint density at radius 2 is 1.90 bits per heavy atom. The molecule has 0 saturated carbocycles. The Bertz CT molecular complexity index is 639. The molecule has 2 rings (SSSR count). The van der Waals surface area contributed by atoms with E-state index in [0.29, 0.717) is 11.8 Å². The van der Waals surface area contributed by atoms with Crippen LogP contribution < -0.4 is 10.5 Å². The molecule has 0 aliphatic heterocycles. The first-order valence-electron chi connectivity index (χ1n) is 6.59. The monoisotopic (exact) mass is 334 g/mol. The Morgan fingerprint density at radius 3 is 2.50 bits per heavy atom. The summed E-state index contributed by atoms with van der Waals surface area (Å²) in [6.45, 7) is 8.16. The van der Waals surface area contributed by atoms with E-state index in [1.54, 1.807) is 0 Å². The van der Waals surface area contributed by atoms with Crippen molar-refractivity contribution in [3.63, 3.8) is 0 Å². The number of pyridine rings is 1. The Balaban J connectivity index is 2.41. The van der Waals surface area contributed by atoms with Gasteiger partial charge in [-0.15, -0.1) is 0 Å². The van der Waals surface area contributed by atoms with E-state index >= 15 is 0 Å². The van der Waals surface area contributed by atoms with Crippen molar-refractivity contribution in [2.75, 3.05) is 5.73 Å². The van der Waals surface area contributed by atoms with Gasteiger partial charge in [0.2, 0.25) is 5.88 Å². The molecule has 0 atom stereocenters. The van der Waals surface area contributed by atoms with Crippen LogP contribution in [0.1, 0.15) is 36.6 Å². The molecule has 0 fully saturated rings. The van der Waals surface area contributed by atoms with Gasteiger partial charge in [0.1, 0.15) is 5.75 Å². The predicted octanol–water partition coefficient (Wildman–Crippen LogP) is 4.96. The summed E-state index contributed by atoms with van der Waals surface area (Å²) in [5.41, 5.74) is 9.79. The molecule has 20 heavy (non-hydrogen) atoms. The van der Waals surface area contributed by atoms with Crippen LogP contribution in [-0.4, -0.2) is 4.98 Å². The number of ether oxygens (including phenoxy) is 1. The second kappa shape index (κ2) is 5.83. The number of halogens is 1. The molecular weight excluding hydrogens is 316 g/mol. The van der Waals surface area contributed by atoms with Crippen LogP contribution in [0.3, 0.4) is 0 Å². The van der Waals surface area contributed by atoms with Crippen molar-refractivity contribution < 1.29 is 4.74 Å². The molecule has 1 aromatic carbocycles. The Hall–Kier alpha value is -1.55. The van der Waals surface area contributed by atoms with Gasteiger partial charge in [-0.05, 0) is 65.0 Å². The number of benzene rings is 1. The first-order valence-corrected chi connectivity index (χ1v) is 7.38. The predicted molar refractivity (Wildman–Crippen MR) is 86.4 cm³/mol. The lowest BCUT2D eigenvalue weighted by Crippen LogP contribution is -2.00. The SMILES string of the molecule is Cc1cc(Oc2ccc(Br)c(C)n2)c(C(C)C)cc1N. The lowest BCUT2D eigenvalue weighted by atomic mass is 9.99. The highest BCUT2D eigenvalue weighted by Crippen LogP contribution is 2.34. The van der Waals surface area contributed by atoms with E-state index < -0.39 is 0 Å². The molecule has 0 aliphatic rings. The van der Waals surface area contributed by atoms with Crippen molar-refractivity contribution in [3.8, 4) is 11.6 Å². The minimum Gasteiger partial charge on any atom is -0.439 e. The lowest BCUT2D eigenvalue weighted by Gasteiger charge is -2.16. The molecule has 0 aliphatic carbocycles. The first-order chi connectivity index (χ1) is 9.38. The minimum absolute atomic E-state index is 0.337. The highest BCUT2D eigenvalue weighted by atomic mass is 79.9. The van der Waals surface area contributed by atoms with Crippen molar-refractivity contribution in [1.82, 2.24) is 4.98 Å². The maximum atomic E-state index is 5.99. The number of aryl methyl sites for hydroxylation is 2. The number of hydrogen-bond acceptors (Lipinski definition) is 3. The van der Waals surface area contributed by atoms with E-state index in [2.05, 4.69) is 34.8 Å². The smallest absolute Gasteiger partial charge is 0.219 e. The van der Waals surface area contributed by atoms with Gasteiger partial charge in [-0.1, -0.05) is 13.8 Å². The molecule has 0 bridgehead atoms. The summed E-state index contributed by atoms with van der Waals surface area (Å²) in [4.78, 5) is 4.42. The molecule has 2 aromatic rings. The van der Waals surface area contributed by atoms with E-state index in [-0.39, 0.29) is 0 Å². The van der Waals surface area contributed by atoms with Gasteiger partial charge in [-0.25, -0.2) is 4.98 Å². The van der Waals surface area contributed by atoms with E-state index in [4.69, 9.17) is 10.5 Å². The Morgan fingerprint density at radius 1 is 1.20 bits per heavy atom. The number of hydrogen-bond donors (Lipinski definition) is 1. The average molecular weight is 335 g/mol. The van der Waals surface area contributed by atoms with Gasteiger partial charge in [-0.3, -0.25) is 0 Å². The van der Waals surface area contributed by atoms with Gasteiger partial charge < -0.3 is 10.5 Å². The fourth-order valence-corrected chi connectivity index (χ4v) is 2.17. The van der Waals surface area contributed by atoms with Crippen LogP contribution in [0.4, 0.5) is 5.69 Å². The quantitative estimate of drug-likeness (QED) is 0.807. The van der Waals surface area contributed by atoms with Crippen molar-refractivity contribution >= 4 is 21.6 Å². The summed E-state index contributed by atoms with van der Waals surface area (Å²) < 4.78 is 6.93. The minimum atomic E-state index is 0.337. The highest BCUT2D eigenvalue weighted by molar-refractivity contribution is 9.10. The molecule has 0 unspecified atom stereocenters. The van der Waals surface area contributed by atoms with Crippen LogP contribution in [0.2, 0.25) is 0 Å². The molecule has 0 spiro atoms. The van der Waals surface area contributed by atoms with Gasteiger partial charge in [0.05, 0.1) is 5.69 Å². The van der Waals surface area contributed by atoms with Crippen LogP contribution in [0.5, 0.6) is 11.6 Å². The van der Waals surface area contributed by atoms with Gasteiger partial charge >= 0.3 is 0 Å². The number of rotatable bonds is 3. The number of anilines is 1. The molecule has 2 N–H and O–H groups in total. The molecule has 4 heteroatoms. The summed E-state index contributed by atoms with van der Waals surface area (Å²) in [6, 6.07) is 7.76. The summed E-state index contributed by atoms with van der Waals surface area (Å²) in [7, 11) is 0. The highest BCUT2D eigenvalue weighted by Gasteiger charge is 2.12. The molecular formula is C16H19BrN2O. The molecule has 1 heterocycles. The molecule has 0 radical (unpaired) electrons. The Labute approximate surface area is 128 Å². The fraction of sp³-hybridized carbons (Fsp3) is 0.312. The fourth-order valence-electron chi connectivity index (χ4n) is 1.95. The molecule has 106 valence electrons. The maximum absolute atomic E-state index is 5.99. The molecule has 3 nitrogen and oxygen atoms in total. The van der Waals surface area contributed by atoms with Crippen LogP contribution in [0, 0.1) is 13.8 Å². The standard InChI is InChI=1S/C16H19BrN2O/c1-9(2)12-8-14(18)10(3)7-15(12)20-16-6-5-13(17)11(4)19-16/h5-9H,18H2,1-4H3. The third kappa shape index (κ3) is 3.12. The summed E-state index contributed by atoms with van der Waals surface area (Å²) in [5, 5.41) is 0. The van der Waals surface area contributed by atoms with Crippen molar-refractivity contribution in [2.45, 2.75) is 33.6 Å². The van der Waals surface area contributed by atoms with Gasteiger partial charge in [0.25, 0.3) is 0 Å². The number of nitrogen functional groups attached to an aromatic ring is 1. The van der Waals surface area contributed by atoms with E-state index in [9.17, 15) is 0 Å². The topological polar surface area (TPSA) is 48.1 Å². The molecule has 0 saturated heterocycles. The number of aromatic nitrogens is 1. The average Bonchev–Trinajstić information content (AvgIpc) is 2.37. The zero-order chi connectivity index (χ0) is 14.9. The maximum Gasteiger partial charge on any atom is 0.219 e. The third-order valence-corrected chi connectivity index (χ3v) is 4.07. The summed E-state index contributed by atoms with van der Waals surface area (Å²) in [6.07, 6.45) is 0. The van der Waals surface area contributed by atoms with Crippen LogP contribution in [0.25, 0.3) is 0 Å². The normalized spacial score (nSPS) is 10.9. The van der Waals surface area contributed by atoms with E-state index in [1.165, 1.54) is 0 Å². The van der Waals surface area contributed by atoms with Gasteiger partial charge in [0.15, 0.2) is 0 Å². The van der Waals surface area contributed by atoms with E-state index in [1.807, 2.05) is 38.1 Å². The largest absolute Gasteiger partial charge is 0.439 e. The van der Waals surface area contributed by atoms with Crippen molar-refractivity contribution in [1.29, 1.82) is 0 Å². The molecule has 0 amide bonds. The van der Waals surface area contributed by atoms with Gasteiger partial charge in [-0.2, -0.15) is 0 Å². The van der Waals surface area contributed by atoms with Crippen LogP contribution in [0.15, 0.2) is 28.7 Å². The van der Waals surface area contributed by atoms with Crippen LogP contribution >= 0.6 is 15.9 Å². The third-order valence-electron chi connectivity index (χ3n) is 3.23. The summed E-state index contributed by atoms with van der Waals surface area (Å²) in [5.74, 6) is 1.75. The van der Waals surface area contributed by atoms with Crippen LogP contribution in [-0.2, 0) is 0 Å². The molecule has 1 aromatic heterocycles. The Kier molecular flexibility index (Phi) is 4.33. The van der Waals surface area contributed by atoms with Gasteiger partial charge in [0, 0.05) is 16.2 Å². The van der Waals surface area contributed by atoms with Crippen molar-refractivity contribution in [2.24, 2.45) is 0 Å².